The predicted octanol–water partition coefficient (Wildman–Crippen LogP) is 8.75. The van der Waals surface area contributed by atoms with E-state index >= 15 is 0 Å². The summed E-state index contributed by atoms with van der Waals surface area (Å²) in [6.45, 7) is 0.709. The normalized spacial score (nSPS) is 18.6. The summed E-state index contributed by atoms with van der Waals surface area (Å²) in [6.07, 6.45) is 1.27. The van der Waals surface area contributed by atoms with Gasteiger partial charge in [-0.25, -0.2) is 9.78 Å². The molecule has 0 bridgehead atoms. The molecule has 2 amide bonds. The second-order valence-electron chi connectivity index (χ2n) is 15.3. The lowest BCUT2D eigenvalue weighted by Crippen LogP contribution is -2.71. The fourth-order valence-electron chi connectivity index (χ4n) is 8.29. The summed E-state index contributed by atoms with van der Waals surface area (Å²) in [5.74, 6) is -0.601. The lowest BCUT2D eigenvalue weighted by atomic mass is 9.77. The van der Waals surface area contributed by atoms with Crippen LogP contribution >= 0.6 is 34.9 Å². The molecule has 3 atom stereocenters. The smallest absolute Gasteiger partial charge is 0.356 e. The van der Waals surface area contributed by atoms with Gasteiger partial charge in [-0.3, -0.25) is 14.5 Å². The lowest BCUT2D eigenvalue weighted by molar-refractivity contribution is -0.154. The zero-order valence-electron chi connectivity index (χ0n) is 34.9. The highest BCUT2D eigenvalue weighted by molar-refractivity contribution is 8.06. The van der Waals surface area contributed by atoms with Gasteiger partial charge in [0.25, 0.3) is 11.8 Å². The van der Waals surface area contributed by atoms with E-state index < -0.39 is 40.8 Å². The highest BCUT2D eigenvalue weighted by Gasteiger charge is 2.55. The van der Waals surface area contributed by atoms with Crippen LogP contribution in [0.1, 0.15) is 52.5 Å². The Balaban J connectivity index is 0.973. The number of carbonyl (C=O) groups excluding carboxylic acids is 3. The first-order valence-electron chi connectivity index (χ1n) is 21.0. The van der Waals surface area contributed by atoms with E-state index in [1.165, 1.54) is 46.9 Å². The fourth-order valence-corrected chi connectivity index (χ4v) is 11.7. The van der Waals surface area contributed by atoms with Crippen molar-refractivity contribution in [2.75, 3.05) is 30.5 Å². The number of hydrogen-bond donors (Lipinski definition) is 2. The molecule has 2 N–H and O–H groups in total. The minimum Gasteiger partial charge on any atom is -0.448 e. The van der Waals surface area contributed by atoms with E-state index in [-0.39, 0.29) is 23.2 Å². The van der Waals surface area contributed by atoms with Crippen LogP contribution < -0.4 is 10.6 Å². The molecule has 0 radical (unpaired) electrons. The van der Waals surface area contributed by atoms with E-state index in [0.29, 0.717) is 23.2 Å². The van der Waals surface area contributed by atoms with E-state index in [4.69, 9.17) is 19.3 Å². The summed E-state index contributed by atoms with van der Waals surface area (Å²) in [5.41, 5.74) is 4.09. The van der Waals surface area contributed by atoms with Crippen molar-refractivity contribution in [1.29, 1.82) is 0 Å². The number of aromatic nitrogens is 1. The van der Waals surface area contributed by atoms with Gasteiger partial charge in [0.1, 0.15) is 35.5 Å². The number of amides is 2. The number of hydrogen-bond acceptors (Lipinski definition) is 12. The maximum Gasteiger partial charge on any atom is 0.356 e. The number of esters is 1. The lowest BCUT2D eigenvalue weighted by Gasteiger charge is -2.49. The molecule has 4 heterocycles. The van der Waals surface area contributed by atoms with E-state index in [9.17, 15) is 14.4 Å². The van der Waals surface area contributed by atoms with Crippen molar-refractivity contribution in [2.45, 2.75) is 42.0 Å². The van der Waals surface area contributed by atoms with Crippen LogP contribution in [0, 0.1) is 0 Å². The molecule has 2 saturated heterocycles. The Bertz CT molecular complexity index is 2490. The summed E-state index contributed by atoms with van der Waals surface area (Å²) in [5, 5.41) is 12.5. The first kappa shape index (κ1) is 43.1. The van der Waals surface area contributed by atoms with Crippen molar-refractivity contribution >= 4 is 63.5 Å². The Morgan fingerprint density at radius 3 is 1.95 bits per heavy atom. The van der Waals surface area contributed by atoms with Crippen molar-refractivity contribution in [3.63, 3.8) is 0 Å². The van der Waals surface area contributed by atoms with Gasteiger partial charge >= 0.3 is 5.97 Å². The molecule has 6 aromatic rings. The van der Waals surface area contributed by atoms with Crippen LogP contribution in [-0.2, 0) is 34.2 Å². The quantitative estimate of drug-likeness (QED) is 0.0320. The molecular weight excluding hydrogens is 863 g/mol. The number of nitrogens with one attached hydrogen (secondary N) is 2. The van der Waals surface area contributed by atoms with Crippen LogP contribution in [0.2, 0.25) is 0 Å². The van der Waals surface area contributed by atoms with E-state index in [1.54, 1.807) is 5.38 Å². The number of anilines is 1. The summed E-state index contributed by atoms with van der Waals surface area (Å²) in [7, 11) is 1.36. The highest BCUT2D eigenvalue weighted by atomic mass is 32.2. The van der Waals surface area contributed by atoms with Gasteiger partial charge in [-0.1, -0.05) is 157 Å². The zero-order valence-corrected chi connectivity index (χ0v) is 37.3. The molecule has 5 aromatic carbocycles. The minimum atomic E-state index is -0.954. The van der Waals surface area contributed by atoms with Crippen LogP contribution in [-0.4, -0.2) is 76.1 Å². The number of thioether (sulfide) groups is 2. The van der Waals surface area contributed by atoms with Crippen molar-refractivity contribution < 1.29 is 28.7 Å². The third-order valence-corrected chi connectivity index (χ3v) is 14.8. The molecule has 14 heteroatoms. The molecule has 3 aliphatic heterocycles. The Morgan fingerprint density at radius 1 is 0.859 bits per heavy atom. The maximum absolute atomic E-state index is 14.5. The summed E-state index contributed by atoms with van der Waals surface area (Å²) in [6, 6.07) is 48.6. The van der Waals surface area contributed by atoms with Gasteiger partial charge in [0.05, 0.1) is 6.10 Å². The van der Waals surface area contributed by atoms with Crippen LogP contribution in [0.3, 0.4) is 0 Å². The Morgan fingerprint density at radius 2 is 1.42 bits per heavy atom. The number of ether oxygens (including phenoxy) is 2. The van der Waals surface area contributed by atoms with Crippen molar-refractivity contribution in [3.05, 3.63) is 201 Å². The van der Waals surface area contributed by atoms with Gasteiger partial charge < -0.3 is 24.9 Å². The molecule has 64 heavy (non-hydrogen) atoms. The molecule has 9 rings (SSSR count). The molecule has 2 unspecified atom stereocenters. The van der Waals surface area contributed by atoms with Crippen molar-refractivity contribution in [3.8, 4) is 0 Å². The predicted molar refractivity (Wildman–Crippen MR) is 253 cm³/mol. The van der Waals surface area contributed by atoms with Gasteiger partial charge in [-0.15, -0.1) is 34.9 Å². The Hall–Kier alpha value is -6.19. The SMILES string of the molecule is CO/N=C(\C(=O)NC1C(=O)N2C(C(=O)OC(c3ccccc3)c3ccccc3)=C(SCC3CCCO3)CS[C@H]12)c1csc(NC(c2ccccc2)(c2ccccc2)c2ccccc2)n1. The molecule has 0 spiro atoms. The van der Waals surface area contributed by atoms with Gasteiger partial charge in [0.2, 0.25) is 0 Å². The van der Waals surface area contributed by atoms with Gasteiger partial charge in [0.15, 0.2) is 16.9 Å². The molecule has 0 saturated carbocycles. The number of nitrogens with zero attached hydrogens (tertiary/aromatic N) is 3. The summed E-state index contributed by atoms with van der Waals surface area (Å²) in [4.78, 5) is 55.3. The average Bonchev–Trinajstić information content (AvgIpc) is 4.06. The second kappa shape index (κ2) is 19.7. The second-order valence-corrected chi connectivity index (χ2v) is 18.4. The number of thiazole rings is 1. The van der Waals surface area contributed by atoms with Crippen molar-refractivity contribution in [1.82, 2.24) is 15.2 Å². The van der Waals surface area contributed by atoms with Gasteiger partial charge in [0, 0.05) is 28.4 Å². The van der Waals surface area contributed by atoms with Crippen LogP contribution in [0.4, 0.5) is 5.13 Å². The van der Waals surface area contributed by atoms with Crippen LogP contribution in [0.5, 0.6) is 0 Å². The standard InChI is InChI=1S/C50H45N5O6S3/c1-59-54-41(39-31-64-49(51-39)53-50(35-22-11-4-12-23-35,36-24-13-5-14-25-36)37-26-15-6-16-27-37)45(56)52-42-46(57)55-43(40(32-63-47(42)55)62-30-38-28-17-29-60-38)48(58)61-44(33-18-7-2-8-19-33)34-20-9-3-10-21-34/h2-16,18-27,31,38,42,44,47H,17,28-30,32H2,1H3,(H,51,53)(H,52,56)/b54-41-/t38?,42?,47-/m1/s1. The number of carbonyl (C=O) groups is 3. The molecular formula is C50H45N5O6S3. The molecule has 324 valence electrons. The first-order valence-corrected chi connectivity index (χ1v) is 23.9. The highest BCUT2D eigenvalue weighted by Crippen LogP contribution is 2.45. The minimum absolute atomic E-state index is 0.0596. The third-order valence-electron chi connectivity index (χ3n) is 11.4. The van der Waals surface area contributed by atoms with E-state index in [2.05, 4.69) is 52.2 Å². The Kier molecular flexibility index (Phi) is 13.3. The number of β-lactam (4-membered cyclic amide) rings is 1. The average molecular weight is 908 g/mol. The first-order chi connectivity index (χ1) is 31.4. The monoisotopic (exact) mass is 907 g/mol. The molecule has 1 aromatic heterocycles. The molecule has 3 aliphatic rings. The summed E-state index contributed by atoms with van der Waals surface area (Å²) < 4.78 is 12.3. The third kappa shape index (κ3) is 8.83. The molecule has 2 fully saturated rings. The van der Waals surface area contributed by atoms with E-state index in [0.717, 1.165) is 45.6 Å². The Labute approximate surface area is 384 Å². The largest absolute Gasteiger partial charge is 0.448 e. The zero-order chi connectivity index (χ0) is 43.9. The van der Waals surface area contributed by atoms with Crippen molar-refractivity contribution in [2.24, 2.45) is 5.16 Å². The topological polar surface area (TPSA) is 131 Å². The maximum atomic E-state index is 14.5. The van der Waals surface area contributed by atoms with E-state index in [1.807, 2.05) is 115 Å². The number of rotatable bonds is 16. The van der Waals surface area contributed by atoms with Crippen LogP contribution in [0.15, 0.2) is 173 Å². The number of benzene rings is 5. The number of oxime groups is 1. The molecule has 0 aliphatic carbocycles. The fraction of sp³-hybridized carbons (Fsp3) is 0.220. The van der Waals surface area contributed by atoms with Crippen LogP contribution in [0.25, 0.3) is 0 Å². The summed E-state index contributed by atoms with van der Waals surface area (Å²) >= 11 is 4.33. The number of fused-ring (bicyclic) bond motifs is 1. The van der Waals surface area contributed by atoms with Gasteiger partial charge in [-0.05, 0) is 40.7 Å². The van der Waals surface area contributed by atoms with Gasteiger partial charge in [-0.2, -0.15) is 0 Å². The molecule has 11 nitrogen and oxygen atoms in total.